The van der Waals surface area contributed by atoms with Crippen LogP contribution in [-0.4, -0.2) is 31.3 Å². The third-order valence-electron chi connectivity index (χ3n) is 4.76. The Morgan fingerprint density at radius 1 is 0.897 bits per heavy atom. The van der Waals surface area contributed by atoms with Gasteiger partial charge in [0.1, 0.15) is 6.04 Å². The Morgan fingerprint density at radius 3 is 1.66 bits per heavy atom. The van der Waals surface area contributed by atoms with Crippen molar-refractivity contribution in [2.24, 2.45) is 0 Å². The van der Waals surface area contributed by atoms with E-state index in [0.29, 0.717) is 12.2 Å². The van der Waals surface area contributed by atoms with Gasteiger partial charge in [0.2, 0.25) is 6.41 Å². The number of methoxy groups -OCH3 is 1. The van der Waals surface area contributed by atoms with Gasteiger partial charge in [-0.2, -0.15) is 0 Å². The minimum absolute atomic E-state index is 0.351. The van der Waals surface area contributed by atoms with E-state index in [1.807, 2.05) is 54.6 Å². The Hall–Kier alpha value is -3.05. The van der Waals surface area contributed by atoms with Gasteiger partial charge in [-0.05, 0) is 16.7 Å². The molecule has 0 saturated heterocycles. The zero-order valence-corrected chi connectivity index (χ0v) is 17.0. The number of ether oxygens (including phenoxy) is 1. The highest BCUT2D eigenvalue weighted by atomic mass is 32.2. The monoisotopic (exact) mass is 405 g/mol. The summed E-state index contributed by atoms with van der Waals surface area (Å²) in [6.45, 7) is 0. The summed E-state index contributed by atoms with van der Waals surface area (Å²) in [6, 6.07) is 29.8. The van der Waals surface area contributed by atoms with E-state index in [1.165, 1.54) is 7.11 Å². The molecule has 5 heteroatoms. The number of carbonyl (C=O) groups excluding carboxylic acids is 2. The molecule has 4 nitrogen and oxygen atoms in total. The summed E-state index contributed by atoms with van der Waals surface area (Å²) in [5.41, 5.74) is 3.28. The van der Waals surface area contributed by atoms with Crippen LogP contribution in [0.3, 0.4) is 0 Å². The molecule has 3 aromatic carbocycles. The molecule has 0 aliphatic rings. The summed E-state index contributed by atoms with van der Waals surface area (Å²) in [5.74, 6) is -0.114. The molecule has 0 bridgehead atoms. The molecule has 0 aliphatic heterocycles. The van der Waals surface area contributed by atoms with Crippen molar-refractivity contribution in [1.82, 2.24) is 5.32 Å². The van der Waals surface area contributed by atoms with E-state index >= 15 is 0 Å². The van der Waals surface area contributed by atoms with Gasteiger partial charge in [0, 0.05) is 5.75 Å². The van der Waals surface area contributed by atoms with Gasteiger partial charge >= 0.3 is 5.97 Å². The van der Waals surface area contributed by atoms with E-state index in [0.717, 1.165) is 16.7 Å². The average molecular weight is 406 g/mol. The molecular weight excluding hydrogens is 382 g/mol. The number of esters is 1. The topological polar surface area (TPSA) is 55.4 Å². The molecule has 0 unspecified atom stereocenters. The molecule has 0 fully saturated rings. The summed E-state index contributed by atoms with van der Waals surface area (Å²) in [7, 11) is 1.32. The SMILES string of the molecule is COC(=O)[C@H](CSC(c1ccccc1)(c1ccccc1)c1ccccc1)NC=O. The van der Waals surface area contributed by atoms with Gasteiger partial charge < -0.3 is 10.1 Å². The highest BCUT2D eigenvalue weighted by Gasteiger charge is 2.38. The largest absolute Gasteiger partial charge is 0.467 e. The molecule has 3 rings (SSSR count). The third-order valence-corrected chi connectivity index (χ3v) is 6.40. The molecule has 0 spiro atoms. The van der Waals surface area contributed by atoms with Crippen LogP contribution in [0.25, 0.3) is 0 Å². The number of hydrogen-bond donors (Lipinski definition) is 1. The first-order valence-corrected chi connectivity index (χ1v) is 10.3. The van der Waals surface area contributed by atoms with E-state index in [9.17, 15) is 9.59 Å². The second kappa shape index (κ2) is 9.94. The number of hydrogen-bond acceptors (Lipinski definition) is 4. The minimum atomic E-state index is -0.738. The quantitative estimate of drug-likeness (QED) is 0.332. The van der Waals surface area contributed by atoms with Crippen LogP contribution in [0.2, 0.25) is 0 Å². The highest BCUT2D eigenvalue weighted by molar-refractivity contribution is 8.00. The van der Waals surface area contributed by atoms with E-state index < -0.39 is 16.8 Å². The summed E-state index contributed by atoms with van der Waals surface area (Å²) >= 11 is 1.60. The minimum Gasteiger partial charge on any atom is -0.467 e. The maximum atomic E-state index is 12.2. The number of nitrogens with one attached hydrogen (secondary N) is 1. The predicted molar refractivity (Wildman–Crippen MR) is 117 cm³/mol. The summed E-state index contributed by atoms with van der Waals surface area (Å²) in [6.07, 6.45) is 0.539. The normalized spacial score (nSPS) is 12.0. The van der Waals surface area contributed by atoms with E-state index in [2.05, 4.69) is 41.7 Å². The molecule has 1 N–H and O–H groups in total. The lowest BCUT2D eigenvalue weighted by Gasteiger charge is -2.36. The number of benzene rings is 3. The number of amides is 1. The standard InChI is InChI=1S/C24H23NO3S/c1-28-23(27)22(25-18-26)17-29-24(19-11-5-2-6-12-19,20-13-7-3-8-14-20)21-15-9-4-10-16-21/h2-16,18,22H,17H2,1H3,(H,25,26)/t22-/m0/s1. The Morgan fingerprint density at radius 2 is 1.31 bits per heavy atom. The maximum absolute atomic E-state index is 12.2. The molecule has 29 heavy (non-hydrogen) atoms. The van der Waals surface area contributed by atoms with E-state index in [4.69, 9.17) is 4.74 Å². The number of rotatable bonds is 9. The Labute approximate surface area is 175 Å². The van der Waals surface area contributed by atoms with Gasteiger partial charge in [-0.15, -0.1) is 11.8 Å². The molecule has 148 valence electrons. The molecule has 0 aromatic heterocycles. The van der Waals surface area contributed by atoms with Gasteiger partial charge in [-0.25, -0.2) is 4.79 Å². The van der Waals surface area contributed by atoms with Gasteiger partial charge in [0.15, 0.2) is 0 Å². The van der Waals surface area contributed by atoms with Crippen LogP contribution < -0.4 is 5.32 Å². The highest BCUT2D eigenvalue weighted by Crippen LogP contribution is 2.48. The van der Waals surface area contributed by atoms with Crippen molar-refractivity contribution in [3.8, 4) is 0 Å². The molecule has 0 saturated carbocycles. The Balaban J connectivity index is 2.14. The molecule has 0 heterocycles. The fraction of sp³-hybridized carbons (Fsp3) is 0.167. The summed E-state index contributed by atoms with van der Waals surface area (Å²) in [4.78, 5) is 23.2. The lowest BCUT2D eigenvalue weighted by Crippen LogP contribution is -2.40. The lowest BCUT2D eigenvalue weighted by molar-refractivity contribution is -0.143. The zero-order chi connectivity index (χ0) is 20.5. The van der Waals surface area contributed by atoms with Crippen LogP contribution in [0.15, 0.2) is 91.0 Å². The van der Waals surface area contributed by atoms with Crippen molar-refractivity contribution in [1.29, 1.82) is 0 Å². The lowest BCUT2D eigenvalue weighted by atomic mass is 9.84. The van der Waals surface area contributed by atoms with Crippen molar-refractivity contribution in [3.05, 3.63) is 108 Å². The number of thioether (sulfide) groups is 1. The second-order valence-electron chi connectivity index (χ2n) is 6.45. The first kappa shape index (κ1) is 20.7. The van der Waals surface area contributed by atoms with Crippen molar-refractivity contribution in [2.75, 3.05) is 12.9 Å². The van der Waals surface area contributed by atoms with E-state index in [-0.39, 0.29) is 0 Å². The molecule has 0 aliphatic carbocycles. The van der Waals surface area contributed by atoms with Crippen LogP contribution in [0.4, 0.5) is 0 Å². The first-order chi connectivity index (χ1) is 14.2. The molecule has 3 aromatic rings. The van der Waals surface area contributed by atoms with Gasteiger partial charge in [-0.3, -0.25) is 4.79 Å². The summed E-state index contributed by atoms with van der Waals surface area (Å²) < 4.78 is 4.32. The van der Waals surface area contributed by atoms with Crippen LogP contribution in [0, 0.1) is 0 Å². The molecule has 0 radical (unpaired) electrons. The van der Waals surface area contributed by atoms with Gasteiger partial charge in [0.25, 0.3) is 0 Å². The summed E-state index contributed by atoms with van der Waals surface area (Å²) in [5, 5.41) is 2.58. The van der Waals surface area contributed by atoms with Gasteiger partial charge in [-0.1, -0.05) is 91.0 Å². The van der Waals surface area contributed by atoms with Gasteiger partial charge in [0.05, 0.1) is 11.9 Å². The molecule has 1 amide bonds. The average Bonchev–Trinajstić information content (AvgIpc) is 2.80. The maximum Gasteiger partial charge on any atom is 0.329 e. The van der Waals surface area contributed by atoms with Crippen LogP contribution in [0.5, 0.6) is 0 Å². The fourth-order valence-electron chi connectivity index (χ4n) is 3.39. The van der Waals surface area contributed by atoms with Crippen LogP contribution >= 0.6 is 11.8 Å². The Kier molecular flexibility index (Phi) is 7.09. The smallest absolute Gasteiger partial charge is 0.329 e. The second-order valence-corrected chi connectivity index (χ2v) is 7.68. The number of carbonyl (C=O) groups is 2. The van der Waals surface area contributed by atoms with Crippen molar-refractivity contribution < 1.29 is 14.3 Å². The van der Waals surface area contributed by atoms with Crippen LogP contribution in [-0.2, 0) is 19.1 Å². The zero-order valence-electron chi connectivity index (χ0n) is 16.2. The van der Waals surface area contributed by atoms with Crippen molar-refractivity contribution >= 4 is 24.1 Å². The van der Waals surface area contributed by atoms with E-state index in [1.54, 1.807) is 11.8 Å². The van der Waals surface area contributed by atoms with Crippen LogP contribution in [0.1, 0.15) is 16.7 Å². The molecule has 1 atom stereocenters. The fourth-order valence-corrected chi connectivity index (χ4v) is 4.94. The van der Waals surface area contributed by atoms with Crippen molar-refractivity contribution in [2.45, 2.75) is 10.8 Å². The predicted octanol–water partition coefficient (Wildman–Crippen LogP) is 4.00. The molecular formula is C24H23NO3S. The first-order valence-electron chi connectivity index (χ1n) is 9.30. The third kappa shape index (κ3) is 4.51. The van der Waals surface area contributed by atoms with Crippen molar-refractivity contribution in [3.63, 3.8) is 0 Å². The Bertz CT molecular complexity index is 820.